The van der Waals surface area contributed by atoms with Crippen LogP contribution in [-0.2, 0) is 12.6 Å². The van der Waals surface area contributed by atoms with Crippen molar-refractivity contribution in [2.45, 2.75) is 12.6 Å². The van der Waals surface area contributed by atoms with E-state index in [2.05, 4.69) is 0 Å². The first-order chi connectivity index (χ1) is 7.40. The second-order valence-electron chi connectivity index (χ2n) is 2.94. The Morgan fingerprint density at radius 2 is 1.81 bits per heavy atom. The van der Waals surface area contributed by atoms with Crippen LogP contribution in [0.3, 0.4) is 0 Å². The first-order valence-electron chi connectivity index (χ1n) is 4.06. The third kappa shape index (κ3) is 2.29. The highest BCUT2D eigenvalue weighted by Gasteiger charge is 2.37. The van der Waals surface area contributed by atoms with E-state index in [1.54, 1.807) is 0 Å². The molecule has 2 nitrogen and oxygen atoms in total. The number of rotatable bonds is 1. The first kappa shape index (κ1) is 12.0. The molecule has 0 fully saturated rings. The van der Waals surface area contributed by atoms with Crippen LogP contribution in [0.5, 0.6) is 0 Å². The van der Waals surface area contributed by atoms with Gasteiger partial charge >= 0.3 is 6.18 Å². The Labute approximate surface area is 88.3 Å². The summed E-state index contributed by atoms with van der Waals surface area (Å²) < 4.78 is 50.4. The lowest BCUT2D eigenvalue weighted by Crippen LogP contribution is -2.12. The Morgan fingerprint density at radius 3 is 2.25 bits per heavy atom. The van der Waals surface area contributed by atoms with Crippen LogP contribution in [0.15, 0.2) is 12.1 Å². The molecule has 0 aliphatic carbocycles. The zero-order valence-corrected chi connectivity index (χ0v) is 7.77. The smallest absolute Gasteiger partial charge is 0.206 e. The number of hydrogen-bond acceptors (Lipinski definition) is 2. The molecule has 1 aromatic carbocycles. The van der Waals surface area contributed by atoms with Crippen molar-refractivity contribution >= 4 is 0 Å². The van der Waals surface area contributed by atoms with Gasteiger partial charge in [-0.15, -0.1) is 0 Å². The van der Waals surface area contributed by atoms with E-state index < -0.39 is 29.5 Å². The molecule has 0 heterocycles. The summed E-state index contributed by atoms with van der Waals surface area (Å²) in [5, 5.41) is 16.8. The quantitative estimate of drug-likeness (QED) is 0.694. The van der Waals surface area contributed by atoms with Crippen molar-refractivity contribution in [2.75, 3.05) is 0 Å². The van der Waals surface area contributed by atoms with E-state index in [0.29, 0.717) is 6.07 Å². The van der Waals surface area contributed by atoms with Crippen LogP contribution in [0.2, 0.25) is 0 Å². The highest BCUT2D eigenvalue weighted by molar-refractivity contribution is 5.41. The van der Waals surface area contributed by atoms with E-state index >= 15 is 0 Å². The van der Waals surface area contributed by atoms with Crippen LogP contribution in [0.25, 0.3) is 0 Å². The van der Waals surface area contributed by atoms with E-state index in [-0.39, 0.29) is 5.56 Å². The fraction of sp³-hybridized carbons (Fsp3) is 0.200. The SMILES string of the molecule is N#CCc1cc(C#N)cc(F)c1C(F)(F)F. The standard InChI is InChI=1S/C10H4F4N2/c11-8-4-6(5-16)3-7(1-2-15)9(8)10(12,13)14/h3-4H,1H2. The molecule has 16 heavy (non-hydrogen) atoms. The van der Waals surface area contributed by atoms with Gasteiger partial charge in [0.15, 0.2) is 0 Å². The van der Waals surface area contributed by atoms with Gasteiger partial charge in [-0.3, -0.25) is 0 Å². The molecule has 1 rings (SSSR count). The second-order valence-corrected chi connectivity index (χ2v) is 2.94. The maximum atomic E-state index is 13.1. The highest BCUT2D eigenvalue weighted by Crippen LogP contribution is 2.34. The normalized spacial score (nSPS) is 10.6. The van der Waals surface area contributed by atoms with Crippen molar-refractivity contribution < 1.29 is 17.6 Å². The molecule has 0 bridgehead atoms. The number of benzene rings is 1. The Hall–Kier alpha value is -2.08. The highest BCUT2D eigenvalue weighted by atomic mass is 19.4. The monoisotopic (exact) mass is 228 g/mol. The van der Waals surface area contributed by atoms with Gasteiger partial charge in [0.2, 0.25) is 0 Å². The summed E-state index contributed by atoms with van der Waals surface area (Å²) in [6.07, 6.45) is -5.47. The fourth-order valence-corrected chi connectivity index (χ4v) is 1.27. The summed E-state index contributed by atoms with van der Waals surface area (Å²) in [5.41, 5.74) is -2.24. The van der Waals surface area contributed by atoms with E-state index in [1.165, 1.54) is 12.1 Å². The molecule has 0 saturated heterocycles. The maximum Gasteiger partial charge on any atom is 0.419 e. The van der Waals surface area contributed by atoms with Crippen LogP contribution in [-0.4, -0.2) is 0 Å². The predicted octanol–water partition coefficient (Wildman–Crippen LogP) is 2.78. The third-order valence-corrected chi connectivity index (χ3v) is 1.85. The van der Waals surface area contributed by atoms with Crippen molar-refractivity contribution in [3.63, 3.8) is 0 Å². The lowest BCUT2D eigenvalue weighted by molar-refractivity contribution is -0.140. The van der Waals surface area contributed by atoms with Gasteiger partial charge in [-0.25, -0.2) is 4.39 Å². The molecule has 0 unspecified atom stereocenters. The van der Waals surface area contributed by atoms with Crippen molar-refractivity contribution in [1.29, 1.82) is 10.5 Å². The van der Waals surface area contributed by atoms with Crippen molar-refractivity contribution in [2.24, 2.45) is 0 Å². The molecule has 6 heteroatoms. The minimum Gasteiger partial charge on any atom is -0.206 e. The molecular formula is C10H4F4N2. The number of nitriles is 2. The zero-order chi connectivity index (χ0) is 12.3. The lowest BCUT2D eigenvalue weighted by Gasteiger charge is -2.12. The number of hydrogen-bond donors (Lipinski definition) is 0. The van der Waals surface area contributed by atoms with Gasteiger partial charge in [0.05, 0.1) is 29.7 Å². The van der Waals surface area contributed by atoms with E-state index in [4.69, 9.17) is 10.5 Å². The Kier molecular flexibility index (Phi) is 3.14. The summed E-state index contributed by atoms with van der Waals surface area (Å²) >= 11 is 0. The molecule has 0 atom stereocenters. The van der Waals surface area contributed by atoms with Crippen molar-refractivity contribution in [3.05, 3.63) is 34.6 Å². The van der Waals surface area contributed by atoms with Gasteiger partial charge in [-0.2, -0.15) is 23.7 Å². The van der Waals surface area contributed by atoms with E-state index in [1.807, 2.05) is 0 Å². The Morgan fingerprint density at radius 1 is 1.19 bits per heavy atom. The Balaban J connectivity index is 3.49. The predicted molar refractivity (Wildman–Crippen MR) is 45.4 cm³/mol. The first-order valence-corrected chi connectivity index (χ1v) is 4.06. The summed E-state index contributed by atoms with van der Waals surface area (Å²) in [5.74, 6) is -1.53. The molecule has 0 saturated carbocycles. The van der Waals surface area contributed by atoms with Crippen molar-refractivity contribution in [3.8, 4) is 12.1 Å². The zero-order valence-electron chi connectivity index (χ0n) is 7.77. The van der Waals surface area contributed by atoms with Gasteiger partial charge in [0, 0.05) is 0 Å². The Bertz CT molecular complexity index is 491. The minimum atomic E-state index is -4.87. The van der Waals surface area contributed by atoms with E-state index in [9.17, 15) is 17.6 Å². The molecule has 1 aromatic rings. The molecular weight excluding hydrogens is 224 g/mol. The topological polar surface area (TPSA) is 47.6 Å². The fourth-order valence-electron chi connectivity index (χ4n) is 1.27. The molecule has 0 radical (unpaired) electrons. The number of alkyl halides is 3. The van der Waals surface area contributed by atoms with Crippen LogP contribution in [0.4, 0.5) is 17.6 Å². The van der Waals surface area contributed by atoms with Gasteiger partial charge < -0.3 is 0 Å². The second kappa shape index (κ2) is 4.19. The lowest BCUT2D eigenvalue weighted by atomic mass is 10.0. The number of halogens is 4. The minimum absolute atomic E-state index is 0.240. The van der Waals surface area contributed by atoms with Gasteiger partial charge in [0.1, 0.15) is 5.82 Å². The van der Waals surface area contributed by atoms with E-state index in [0.717, 1.165) is 6.07 Å². The van der Waals surface area contributed by atoms with Crippen LogP contribution >= 0.6 is 0 Å². The molecule has 82 valence electrons. The molecule has 0 aliphatic rings. The van der Waals surface area contributed by atoms with Crippen LogP contribution in [0, 0.1) is 28.5 Å². The molecule has 0 aliphatic heterocycles. The molecule has 0 spiro atoms. The average molecular weight is 228 g/mol. The van der Waals surface area contributed by atoms with Crippen LogP contribution in [0.1, 0.15) is 16.7 Å². The van der Waals surface area contributed by atoms with Crippen molar-refractivity contribution in [1.82, 2.24) is 0 Å². The van der Waals surface area contributed by atoms with Crippen LogP contribution < -0.4 is 0 Å². The third-order valence-electron chi connectivity index (χ3n) is 1.85. The molecule has 0 N–H and O–H groups in total. The summed E-state index contributed by atoms with van der Waals surface area (Å²) in [7, 11) is 0. The summed E-state index contributed by atoms with van der Waals surface area (Å²) in [4.78, 5) is 0. The number of nitrogens with zero attached hydrogens (tertiary/aromatic N) is 2. The van der Waals surface area contributed by atoms with Gasteiger partial charge in [0.25, 0.3) is 0 Å². The summed E-state index contributed by atoms with van der Waals surface area (Å²) in [6.45, 7) is 0. The maximum absolute atomic E-state index is 13.1. The van der Waals surface area contributed by atoms with Gasteiger partial charge in [-0.05, 0) is 17.7 Å². The largest absolute Gasteiger partial charge is 0.419 e. The summed E-state index contributed by atoms with van der Waals surface area (Å²) in [6, 6.07) is 4.40. The van der Waals surface area contributed by atoms with Gasteiger partial charge in [-0.1, -0.05) is 0 Å². The molecule has 0 aromatic heterocycles. The molecule has 0 amide bonds. The average Bonchev–Trinajstić information content (AvgIpc) is 2.15.